The van der Waals surface area contributed by atoms with E-state index in [0.717, 1.165) is 6.26 Å². The van der Waals surface area contributed by atoms with Crippen LogP contribution in [-0.2, 0) is 20.4 Å². The summed E-state index contributed by atoms with van der Waals surface area (Å²) >= 11 is 0. The van der Waals surface area contributed by atoms with Crippen LogP contribution < -0.4 is 0 Å². The fourth-order valence-corrected chi connectivity index (χ4v) is 1.94. The van der Waals surface area contributed by atoms with E-state index in [-0.39, 0.29) is 11.6 Å². The standard InChI is InChI=1S/C8H14N4O4S/c1-5(8(13)14)6(2)12-7(9-10-11-12)4-17(3,15)16/h5-6H,4H2,1-3H3,(H,13,14). The number of aromatic nitrogens is 4. The molecule has 0 saturated carbocycles. The van der Waals surface area contributed by atoms with E-state index < -0.39 is 27.8 Å². The molecule has 0 fully saturated rings. The van der Waals surface area contributed by atoms with Gasteiger partial charge in [-0.3, -0.25) is 4.79 Å². The molecule has 2 atom stereocenters. The van der Waals surface area contributed by atoms with Gasteiger partial charge in [0.05, 0.1) is 12.0 Å². The molecular formula is C8H14N4O4S. The van der Waals surface area contributed by atoms with Gasteiger partial charge in [-0.1, -0.05) is 0 Å². The topological polar surface area (TPSA) is 115 Å². The van der Waals surface area contributed by atoms with Crippen LogP contribution in [0, 0.1) is 5.92 Å². The first kappa shape index (κ1) is 13.6. The number of nitrogens with zero attached hydrogens (tertiary/aromatic N) is 4. The summed E-state index contributed by atoms with van der Waals surface area (Å²) < 4.78 is 23.5. The molecule has 0 aromatic carbocycles. The van der Waals surface area contributed by atoms with Gasteiger partial charge in [0, 0.05) is 6.26 Å². The zero-order chi connectivity index (χ0) is 13.2. The molecule has 0 amide bonds. The first-order valence-corrected chi connectivity index (χ1v) is 6.95. The molecule has 1 aromatic heterocycles. The van der Waals surface area contributed by atoms with Gasteiger partial charge in [-0.2, -0.15) is 0 Å². The summed E-state index contributed by atoms with van der Waals surface area (Å²) in [6.07, 6.45) is 1.07. The van der Waals surface area contributed by atoms with Gasteiger partial charge in [-0.25, -0.2) is 13.1 Å². The highest BCUT2D eigenvalue weighted by molar-refractivity contribution is 7.89. The van der Waals surface area contributed by atoms with E-state index in [1.807, 2.05) is 0 Å². The molecule has 1 heterocycles. The Kier molecular flexibility index (Phi) is 3.81. The number of carboxylic acid groups (broad SMARTS) is 1. The quantitative estimate of drug-likeness (QED) is 0.760. The van der Waals surface area contributed by atoms with Crippen molar-refractivity contribution in [1.82, 2.24) is 20.2 Å². The number of rotatable bonds is 5. The molecule has 1 N–H and O–H groups in total. The van der Waals surface area contributed by atoms with Crippen LogP contribution in [0.25, 0.3) is 0 Å². The van der Waals surface area contributed by atoms with E-state index in [1.165, 1.54) is 11.6 Å². The average molecular weight is 262 g/mol. The lowest BCUT2D eigenvalue weighted by Crippen LogP contribution is -2.24. The van der Waals surface area contributed by atoms with Crippen LogP contribution in [0.1, 0.15) is 25.7 Å². The Bertz CT molecular complexity index is 509. The molecule has 0 bridgehead atoms. The highest BCUT2D eigenvalue weighted by Crippen LogP contribution is 2.18. The SMILES string of the molecule is CC(C(=O)O)C(C)n1nnnc1CS(C)(=O)=O. The van der Waals surface area contributed by atoms with E-state index in [4.69, 9.17) is 5.11 Å². The molecule has 1 rings (SSSR count). The van der Waals surface area contributed by atoms with Crippen molar-refractivity contribution < 1.29 is 18.3 Å². The molecule has 1 aromatic rings. The molecule has 0 saturated heterocycles. The van der Waals surface area contributed by atoms with Gasteiger partial charge < -0.3 is 5.11 Å². The number of sulfone groups is 1. The predicted molar refractivity (Wildman–Crippen MR) is 57.9 cm³/mol. The molecule has 96 valence electrons. The van der Waals surface area contributed by atoms with Crippen molar-refractivity contribution in [2.45, 2.75) is 25.6 Å². The number of aliphatic carboxylic acids is 1. The first-order chi connectivity index (χ1) is 7.72. The van der Waals surface area contributed by atoms with Crippen molar-refractivity contribution in [3.05, 3.63) is 5.82 Å². The Morgan fingerprint density at radius 2 is 2.06 bits per heavy atom. The van der Waals surface area contributed by atoms with Crippen molar-refractivity contribution in [2.24, 2.45) is 5.92 Å². The Hall–Kier alpha value is -1.51. The second kappa shape index (κ2) is 4.78. The maximum atomic E-state index is 11.2. The van der Waals surface area contributed by atoms with Gasteiger partial charge in [-0.15, -0.1) is 5.10 Å². The van der Waals surface area contributed by atoms with E-state index in [1.54, 1.807) is 6.92 Å². The number of carbonyl (C=O) groups is 1. The van der Waals surface area contributed by atoms with Gasteiger partial charge in [0.1, 0.15) is 5.75 Å². The molecule has 0 aliphatic carbocycles. The number of tetrazole rings is 1. The van der Waals surface area contributed by atoms with Crippen LogP contribution in [0.2, 0.25) is 0 Å². The summed E-state index contributed by atoms with van der Waals surface area (Å²) in [5.74, 6) is -1.86. The highest BCUT2D eigenvalue weighted by atomic mass is 32.2. The fraction of sp³-hybridized carbons (Fsp3) is 0.750. The number of hydrogen-bond donors (Lipinski definition) is 1. The van der Waals surface area contributed by atoms with Gasteiger partial charge in [0.25, 0.3) is 0 Å². The lowest BCUT2D eigenvalue weighted by molar-refractivity contribution is -0.142. The molecule has 2 unspecified atom stereocenters. The van der Waals surface area contributed by atoms with Crippen LogP contribution in [0.4, 0.5) is 0 Å². The van der Waals surface area contributed by atoms with Crippen LogP contribution in [0.3, 0.4) is 0 Å². The maximum absolute atomic E-state index is 11.2. The van der Waals surface area contributed by atoms with Gasteiger partial charge in [0.15, 0.2) is 15.7 Å². The average Bonchev–Trinajstić information content (AvgIpc) is 2.60. The number of carboxylic acids is 1. The monoisotopic (exact) mass is 262 g/mol. The Balaban J connectivity index is 3.00. The highest BCUT2D eigenvalue weighted by Gasteiger charge is 2.25. The minimum absolute atomic E-state index is 0.146. The van der Waals surface area contributed by atoms with Crippen LogP contribution in [0.5, 0.6) is 0 Å². The third kappa shape index (κ3) is 3.48. The lowest BCUT2D eigenvalue weighted by atomic mass is 10.0. The third-order valence-corrected chi connectivity index (χ3v) is 3.23. The molecule has 8 nitrogen and oxygen atoms in total. The van der Waals surface area contributed by atoms with Gasteiger partial charge >= 0.3 is 5.97 Å². The summed E-state index contributed by atoms with van der Waals surface area (Å²) in [6, 6.07) is -0.515. The molecule has 9 heteroatoms. The third-order valence-electron chi connectivity index (χ3n) is 2.45. The van der Waals surface area contributed by atoms with Crippen molar-refractivity contribution in [1.29, 1.82) is 0 Å². The van der Waals surface area contributed by atoms with Crippen LogP contribution in [-0.4, -0.2) is 46.0 Å². The minimum atomic E-state index is -3.26. The van der Waals surface area contributed by atoms with E-state index in [0.29, 0.717) is 0 Å². The van der Waals surface area contributed by atoms with Crippen molar-refractivity contribution in [2.75, 3.05) is 6.26 Å². The summed E-state index contributed by atoms with van der Waals surface area (Å²) in [5, 5.41) is 19.5. The van der Waals surface area contributed by atoms with Crippen molar-refractivity contribution in [3.63, 3.8) is 0 Å². The second-order valence-corrected chi connectivity index (χ2v) is 6.12. The summed E-state index contributed by atoms with van der Waals surface area (Å²) in [4.78, 5) is 10.8. The van der Waals surface area contributed by atoms with Crippen molar-refractivity contribution >= 4 is 15.8 Å². The molecule has 0 aliphatic heterocycles. The van der Waals surface area contributed by atoms with E-state index in [9.17, 15) is 13.2 Å². The summed E-state index contributed by atoms with van der Waals surface area (Å²) in [6.45, 7) is 3.14. The molecular weight excluding hydrogens is 248 g/mol. The smallest absolute Gasteiger partial charge is 0.308 e. The van der Waals surface area contributed by atoms with Gasteiger partial charge in [0.2, 0.25) is 0 Å². The minimum Gasteiger partial charge on any atom is -0.481 e. The molecule has 0 aliphatic rings. The normalized spacial score (nSPS) is 15.5. The Morgan fingerprint density at radius 3 is 2.53 bits per heavy atom. The summed E-state index contributed by atoms with van der Waals surface area (Å²) in [5.41, 5.74) is 0. The maximum Gasteiger partial charge on any atom is 0.308 e. The first-order valence-electron chi connectivity index (χ1n) is 4.89. The zero-order valence-electron chi connectivity index (χ0n) is 9.73. The number of hydrogen-bond acceptors (Lipinski definition) is 6. The summed E-state index contributed by atoms with van der Waals surface area (Å²) in [7, 11) is -3.26. The Morgan fingerprint density at radius 1 is 1.47 bits per heavy atom. The molecule has 17 heavy (non-hydrogen) atoms. The zero-order valence-corrected chi connectivity index (χ0v) is 10.5. The van der Waals surface area contributed by atoms with E-state index >= 15 is 0 Å². The molecule has 0 radical (unpaired) electrons. The predicted octanol–water partition coefficient (Wildman–Crippen LogP) is -0.501. The fourth-order valence-electron chi connectivity index (χ4n) is 1.28. The van der Waals surface area contributed by atoms with E-state index in [2.05, 4.69) is 15.5 Å². The Labute approximate surface area is 98.6 Å². The lowest BCUT2D eigenvalue weighted by Gasteiger charge is -2.16. The molecule has 0 spiro atoms. The largest absolute Gasteiger partial charge is 0.481 e. The van der Waals surface area contributed by atoms with Crippen LogP contribution in [0.15, 0.2) is 0 Å². The van der Waals surface area contributed by atoms with Crippen molar-refractivity contribution in [3.8, 4) is 0 Å². The van der Waals surface area contributed by atoms with Crippen LogP contribution >= 0.6 is 0 Å². The second-order valence-electron chi connectivity index (χ2n) is 3.98. The van der Waals surface area contributed by atoms with Gasteiger partial charge in [-0.05, 0) is 24.3 Å².